The summed E-state index contributed by atoms with van der Waals surface area (Å²) in [5.41, 5.74) is 2.65. The van der Waals surface area contributed by atoms with Crippen LogP contribution in [0.2, 0.25) is 5.02 Å². The van der Waals surface area contributed by atoms with Crippen molar-refractivity contribution in [2.24, 2.45) is 4.99 Å². The average molecular weight is 523 g/mol. The molecule has 0 spiro atoms. The molecule has 0 aliphatic carbocycles. The molecule has 9 heteroatoms. The molecule has 0 saturated carbocycles. The highest BCUT2D eigenvalue weighted by Gasteiger charge is 2.32. The fourth-order valence-corrected chi connectivity index (χ4v) is 4.91. The van der Waals surface area contributed by atoms with Crippen LogP contribution < -0.4 is 15.5 Å². The Bertz CT molecular complexity index is 1280. The second-order valence-corrected chi connectivity index (χ2v) is 10.0. The molecule has 186 valence electrons. The summed E-state index contributed by atoms with van der Waals surface area (Å²) in [6, 6.07) is 17.8. The van der Waals surface area contributed by atoms with Crippen LogP contribution in [0.1, 0.15) is 35.8 Å². The lowest BCUT2D eigenvalue weighted by Gasteiger charge is -2.22. The third-order valence-corrected chi connectivity index (χ3v) is 7.07. The molecule has 2 N–H and O–H groups in total. The van der Waals surface area contributed by atoms with Gasteiger partial charge in [0.05, 0.1) is 11.4 Å². The van der Waals surface area contributed by atoms with Crippen molar-refractivity contribution in [1.82, 2.24) is 10.6 Å². The van der Waals surface area contributed by atoms with Gasteiger partial charge in [0.2, 0.25) is 18.0 Å². The fourth-order valence-electron chi connectivity index (χ4n) is 3.98. The van der Waals surface area contributed by atoms with Crippen molar-refractivity contribution in [2.75, 3.05) is 11.9 Å². The van der Waals surface area contributed by atoms with E-state index in [-0.39, 0.29) is 5.91 Å². The minimum absolute atomic E-state index is 0.214. The molecular weight excluding hydrogens is 496 g/mol. The number of aliphatic imine (C=N–C) groups is 1. The number of carbonyl (C=O) groups excluding carboxylic acids is 3. The molecule has 36 heavy (non-hydrogen) atoms. The summed E-state index contributed by atoms with van der Waals surface area (Å²) >= 11 is 7.93. The molecule has 0 saturated heterocycles. The van der Waals surface area contributed by atoms with Crippen LogP contribution in [-0.2, 0) is 20.8 Å². The second kappa shape index (κ2) is 11.5. The summed E-state index contributed by atoms with van der Waals surface area (Å²) in [4.78, 5) is 46.0. The van der Waals surface area contributed by atoms with Crippen molar-refractivity contribution in [3.63, 3.8) is 0 Å². The number of benzene rings is 2. The molecule has 7 nitrogen and oxygen atoms in total. The van der Waals surface area contributed by atoms with E-state index in [1.165, 1.54) is 9.78 Å². The van der Waals surface area contributed by atoms with Crippen molar-refractivity contribution < 1.29 is 14.4 Å². The van der Waals surface area contributed by atoms with E-state index in [2.05, 4.69) is 15.6 Å². The van der Waals surface area contributed by atoms with Gasteiger partial charge in [0.1, 0.15) is 6.04 Å². The van der Waals surface area contributed by atoms with Gasteiger partial charge >= 0.3 is 0 Å². The van der Waals surface area contributed by atoms with E-state index >= 15 is 0 Å². The summed E-state index contributed by atoms with van der Waals surface area (Å²) in [5, 5.41) is 7.95. The van der Waals surface area contributed by atoms with E-state index in [1.54, 1.807) is 43.5 Å². The highest BCUT2D eigenvalue weighted by atomic mass is 35.5. The molecule has 0 fully saturated rings. The van der Waals surface area contributed by atoms with Crippen molar-refractivity contribution in [1.29, 1.82) is 0 Å². The Morgan fingerprint density at radius 2 is 1.92 bits per heavy atom. The minimum Gasteiger partial charge on any atom is -0.345 e. The lowest BCUT2D eigenvalue weighted by Crippen LogP contribution is -2.52. The molecule has 2 atom stereocenters. The van der Waals surface area contributed by atoms with Crippen LogP contribution in [0.4, 0.5) is 5.69 Å². The summed E-state index contributed by atoms with van der Waals surface area (Å²) in [7, 11) is 1.64. The van der Waals surface area contributed by atoms with Crippen molar-refractivity contribution in [3.8, 4) is 0 Å². The zero-order chi connectivity index (χ0) is 25.7. The van der Waals surface area contributed by atoms with E-state index in [0.29, 0.717) is 34.8 Å². The number of amides is 3. The average Bonchev–Trinajstić information content (AvgIpc) is 3.36. The zero-order valence-electron chi connectivity index (χ0n) is 20.0. The maximum absolute atomic E-state index is 13.3. The number of fused-ring (bicyclic) bond motifs is 1. The number of rotatable bonds is 8. The minimum atomic E-state index is -1.16. The first-order valence-corrected chi connectivity index (χ1v) is 12.9. The van der Waals surface area contributed by atoms with Gasteiger partial charge in [-0.1, -0.05) is 48.0 Å². The fraction of sp³-hybridized carbons (Fsp3) is 0.259. The molecule has 1 unspecified atom stereocenters. The third-order valence-electron chi connectivity index (χ3n) is 5.90. The van der Waals surface area contributed by atoms with Crippen molar-refractivity contribution >= 4 is 52.1 Å². The Morgan fingerprint density at radius 3 is 2.64 bits per heavy atom. The topological polar surface area (TPSA) is 90.9 Å². The van der Waals surface area contributed by atoms with Crippen LogP contribution >= 0.6 is 22.9 Å². The number of halogens is 1. The molecule has 4 rings (SSSR count). The number of likely N-dealkylation sites (N-methyl/N-ethyl adjacent to an activating group) is 1. The Hall–Kier alpha value is -3.49. The van der Waals surface area contributed by atoms with Crippen LogP contribution in [0, 0.1) is 0 Å². The number of benzodiazepines with no additional fused rings is 1. The summed E-state index contributed by atoms with van der Waals surface area (Å²) in [6.45, 7) is 1.59. The Morgan fingerprint density at radius 1 is 1.14 bits per heavy atom. The Labute approximate surface area is 219 Å². The van der Waals surface area contributed by atoms with Gasteiger partial charge in [-0.2, -0.15) is 0 Å². The van der Waals surface area contributed by atoms with Gasteiger partial charge in [0.25, 0.3) is 5.91 Å². The van der Waals surface area contributed by atoms with Gasteiger partial charge in [-0.05, 0) is 49.4 Å². The zero-order valence-corrected chi connectivity index (χ0v) is 21.6. The number of hydrogen-bond donors (Lipinski definition) is 2. The molecular formula is C27H27ClN4O3S. The smallest absolute Gasteiger partial charge is 0.272 e. The van der Waals surface area contributed by atoms with Gasteiger partial charge < -0.3 is 15.5 Å². The number of nitrogens with zero attached hydrogens (tertiary/aromatic N) is 2. The van der Waals surface area contributed by atoms with Gasteiger partial charge in [0, 0.05) is 34.5 Å². The third kappa shape index (κ3) is 6.01. The normalized spacial score (nSPS) is 16.0. The quantitative estimate of drug-likeness (QED) is 0.465. The van der Waals surface area contributed by atoms with E-state index in [9.17, 15) is 14.4 Å². The van der Waals surface area contributed by atoms with Crippen LogP contribution in [0.3, 0.4) is 0 Å². The van der Waals surface area contributed by atoms with E-state index in [4.69, 9.17) is 11.6 Å². The summed E-state index contributed by atoms with van der Waals surface area (Å²) in [6.07, 6.45) is 0.656. The largest absolute Gasteiger partial charge is 0.345 e. The first-order chi connectivity index (χ1) is 17.3. The molecule has 0 radical (unpaired) electrons. The molecule has 3 amide bonds. The number of nitrogens with one attached hydrogen (secondary N) is 2. The van der Waals surface area contributed by atoms with Gasteiger partial charge in [-0.15, -0.1) is 11.3 Å². The molecule has 1 aromatic heterocycles. The molecule has 1 aliphatic rings. The molecule has 2 aromatic carbocycles. The number of carbonyl (C=O) groups is 3. The Balaban J connectivity index is 1.49. The van der Waals surface area contributed by atoms with Crippen molar-refractivity contribution in [3.05, 3.63) is 87.1 Å². The SMILES string of the molecule is C[C@H](NC(=O)CCCc1cccs1)C(=O)NC1N=C(c2ccccc2)c2cc(Cl)ccc2N(C)C1=O. The number of anilines is 1. The molecule has 0 bridgehead atoms. The van der Waals surface area contributed by atoms with Gasteiger partial charge in [-0.3, -0.25) is 14.4 Å². The lowest BCUT2D eigenvalue weighted by molar-refractivity contribution is -0.130. The number of aryl methyl sites for hydroxylation is 1. The van der Waals surface area contributed by atoms with Crippen LogP contribution in [0.5, 0.6) is 0 Å². The van der Waals surface area contributed by atoms with Crippen LogP contribution in [0.25, 0.3) is 0 Å². The van der Waals surface area contributed by atoms with Crippen LogP contribution in [0.15, 0.2) is 71.0 Å². The van der Waals surface area contributed by atoms with E-state index < -0.39 is 24.0 Å². The molecule has 3 aromatic rings. The second-order valence-electron chi connectivity index (χ2n) is 8.54. The predicted molar refractivity (Wildman–Crippen MR) is 144 cm³/mol. The van der Waals surface area contributed by atoms with Crippen LogP contribution in [-0.4, -0.2) is 42.7 Å². The highest BCUT2D eigenvalue weighted by molar-refractivity contribution is 7.09. The monoisotopic (exact) mass is 522 g/mol. The lowest BCUT2D eigenvalue weighted by atomic mass is 10.0. The van der Waals surface area contributed by atoms with E-state index in [0.717, 1.165) is 12.0 Å². The molecule has 1 aliphatic heterocycles. The van der Waals surface area contributed by atoms with Gasteiger partial charge in [0.15, 0.2) is 0 Å². The van der Waals surface area contributed by atoms with Gasteiger partial charge in [-0.25, -0.2) is 4.99 Å². The Kier molecular flexibility index (Phi) is 8.18. The number of hydrogen-bond acceptors (Lipinski definition) is 5. The van der Waals surface area contributed by atoms with Crippen molar-refractivity contribution in [2.45, 2.75) is 38.4 Å². The number of thiophene rings is 1. The first-order valence-electron chi connectivity index (χ1n) is 11.7. The summed E-state index contributed by atoms with van der Waals surface area (Å²) in [5.74, 6) is -1.10. The van der Waals surface area contributed by atoms with E-state index in [1.807, 2.05) is 47.8 Å². The standard InChI is InChI=1S/C27H27ClN4O3S/c1-17(29-23(33)12-6-10-20-11-7-15-36-20)26(34)31-25-27(35)32(2)22-14-13-19(28)16-21(22)24(30-25)18-8-4-3-5-9-18/h3-5,7-9,11,13-17,25H,6,10,12H2,1-2H3,(H,29,33)(H,31,34)/t17-,25?/m0/s1. The highest BCUT2D eigenvalue weighted by Crippen LogP contribution is 2.29. The maximum Gasteiger partial charge on any atom is 0.272 e. The summed E-state index contributed by atoms with van der Waals surface area (Å²) < 4.78 is 0. The molecule has 2 heterocycles. The first kappa shape index (κ1) is 25.6. The maximum atomic E-state index is 13.3. The predicted octanol–water partition coefficient (Wildman–Crippen LogP) is 4.19.